The maximum absolute atomic E-state index is 13.7. The highest BCUT2D eigenvalue weighted by atomic mass is 32.1. The molecule has 1 aromatic heterocycles. The second-order valence-electron chi connectivity index (χ2n) is 6.93. The molecule has 1 aliphatic heterocycles. The summed E-state index contributed by atoms with van der Waals surface area (Å²) in [4.78, 5) is 13.6. The fourth-order valence-corrected chi connectivity index (χ4v) is 4.83. The van der Waals surface area contributed by atoms with Gasteiger partial charge in [-0.05, 0) is 30.2 Å². The van der Waals surface area contributed by atoms with Gasteiger partial charge in [-0.15, -0.1) is 11.3 Å². The van der Waals surface area contributed by atoms with Crippen LogP contribution in [-0.4, -0.2) is 19.6 Å². The number of fused-ring (bicyclic) bond motifs is 1. The largest absolute Gasteiger partial charge is 0.493 e. The lowest BCUT2D eigenvalue weighted by Gasteiger charge is -2.26. The maximum atomic E-state index is 13.7. The number of benzene rings is 2. The molecule has 1 atom stereocenters. The lowest BCUT2D eigenvalue weighted by atomic mass is 9.88. The molecule has 4 rings (SSSR count). The average Bonchev–Trinajstić information content (AvgIpc) is 3.15. The number of anilines is 1. The van der Waals surface area contributed by atoms with E-state index < -0.39 is 0 Å². The summed E-state index contributed by atoms with van der Waals surface area (Å²) in [6.45, 7) is 2.61. The average molecular weight is 411 g/mol. The number of carbonyl (C=O) groups is 1. The van der Waals surface area contributed by atoms with Crippen LogP contribution in [0.5, 0.6) is 11.5 Å². The molecule has 0 saturated carbocycles. The number of hydrogen-bond donors (Lipinski definition) is 1. The first kappa shape index (κ1) is 19.5. The van der Waals surface area contributed by atoms with Crippen molar-refractivity contribution in [3.8, 4) is 22.6 Å². The number of hydrogen-bond acceptors (Lipinski definition) is 4. The van der Waals surface area contributed by atoms with Crippen LogP contribution in [0.1, 0.15) is 36.1 Å². The van der Waals surface area contributed by atoms with Crippen molar-refractivity contribution >= 4 is 22.9 Å². The Morgan fingerprint density at radius 1 is 1.24 bits per heavy atom. The van der Waals surface area contributed by atoms with E-state index in [1.165, 1.54) is 12.1 Å². The minimum absolute atomic E-state index is 0.0668. The molecule has 1 N–H and O–H groups in total. The molecular weight excluding hydrogens is 389 g/mol. The van der Waals surface area contributed by atoms with Crippen LogP contribution < -0.4 is 14.8 Å². The number of carbonyl (C=O) groups excluding carboxylic acids is 1. The lowest BCUT2D eigenvalue weighted by molar-refractivity contribution is -0.116. The number of methoxy groups -OCH3 is 1. The summed E-state index contributed by atoms with van der Waals surface area (Å²) in [6, 6.07) is 12.2. The Balaban J connectivity index is 1.82. The van der Waals surface area contributed by atoms with Gasteiger partial charge in [0.2, 0.25) is 5.91 Å². The Morgan fingerprint density at radius 2 is 2.07 bits per heavy atom. The number of halogens is 1. The Labute approximate surface area is 173 Å². The van der Waals surface area contributed by atoms with Crippen molar-refractivity contribution in [2.24, 2.45) is 0 Å². The summed E-state index contributed by atoms with van der Waals surface area (Å²) < 4.78 is 25.3. The van der Waals surface area contributed by atoms with Gasteiger partial charge >= 0.3 is 0 Å². The molecule has 29 heavy (non-hydrogen) atoms. The van der Waals surface area contributed by atoms with Gasteiger partial charge in [0.1, 0.15) is 5.82 Å². The van der Waals surface area contributed by atoms with Gasteiger partial charge in [-0.3, -0.25) is 4.79 Å². The van der Waals surface area contributed by atoms with Gasteiger partial charge in [0.05, 0.1) is 19.4 Å². The van der Waals surface area contributed by atoms with Gasteiger partial charge < -0.3 is 14.8 Å². The number of para-hydroxylation sites is 1. The van der Waals surface area contributed by atoms with Gasteiger partial charge in [0, 0.05) is 33.7 Å². The topological polar surface area (TPSA) is 47.6 Å². The normalized spacial score (nSPS) is 15.6. The van der Waals surface area contributed by atoms with Crippen molar-refractivity contribution in [1.29, 1.82) is 0 Å². The van der Waals surface area contributed by atoms with Crippen molar-refractivity contribution < 1.29 is 18.7 Å². The zero-order valence-electron chi connectivity index (χ0n) is 16.3. The predicted molar refractivity (Wildman–Crippen MR) is 114 cm³/mol. The molecule has 0 unspecified atom stereocenters. The van der Waals surface area contributed by atoms with E-state index >= 15 is 0 Å². The highest BCUT2D eigenvalue weighted by Crippen LogP contribution is 2.49. The second-order valence-corrected chi connectivity index (χ2v) is 7.84. The maximum Gasteiger partial charge on any atom is 0.225 e. The molecular formula is C23H22FNO3S. The molecule has 0 saturated heterocycles. The third-order valence-corrected chi connectivity index (χ3v) is 6.08. The van der Waals surface area contributed by atoms with Crippen LogP contribution in [0.25, 0.3) is 11.1 Å². The Hall–Kier alpha value is -2.86. The highest BCUT2D eigenvalue weighted by Gasteiger charge is 2.33. The monoisotopic (exact) mass is 411 g/mol. The molecule has 150 valence electrons. The number of thiophene rings is 1. The quantitative estimate of drug-likeness (QED) is 0.555. The zero-order valence-corrected chi connectivity index (χ0v) is 17.1. The number of nitrogens with one attached hydrogen (secondary N) is 1. The summed E-state index contributed by atoms with van der Waals surface area (Å²) in [5, 5.41) is 4.97. The van der Waals surface area contributed by atoms with Crippen LogP contribution in [0.2, 0.25) is 0 Å². The van der Waals surface area contributed by atoms with Crippen LogP contribution in [0, 0.1) is 5.82 Å². The molecule has 1 aliphatic rings. The molecule has 0 radical (unpaired) electrons. The van der Waals surface area contributed by atoms with Gasteiger partial charge in [0.25, 0.3) is 0 Å². The van der Waals surface area contributed by atoms with Crippen molar-refractivity contribution in [3.63, 3.8) is 0 Å². The van der Waals surface area contributed by atoms with Gasteiger partial charge in [0.15, 0.2) is 11.5 Å². The van der Waals surface area contributed by atoms with Gasteiger partial charge in [-0.2, -0.15) is 0 Å². The molecule has 0 bridgehead atoms. The molecule has 0 fully saturated rings. The fraction of sp³-hybridized carbons (Fsp3) is 0.261. The van der Waals surface area contributed by atoms with E-state index in [2.05, 4.69) is 5.32 Å². The molecule has 1 amide bonds. The standard InChI is InChI=1S/C23H22FNO3S/c1-3-10-28-22-16(8-5-9-19(22)27-2)17-12-20(26)25-21-18(13-29-23(17)21)14-6-4-7-15(24)11-14/h4-9,11,13,17H,3,10,12H2,1-2H3,(H,25,26)/t17-/m0/s1. The summed E-state index contributed by atoms with van der Waals surface area (Å²) >= 11 is 1.57. The Morgan fingerprint density at radius 3 is 2.83 bits per heavy atom. The summed E-state index contributed by atoms with van der Waals surface area (Å²) in [5.41, 5.74) is 3.27. The summed E-state index contributed by atoms with van der Waals surface area (Å²) in [6.07, 6.45) is 1.20. The van der Waals surface area contributed by atoms with Crippen molar-refractivity contribution in [1.82, 2.24) is 0 Å². The lowest BCUT2D eigenvalue weighted by Crippen LogP contribution is -2.23. The Kier molecular flexibility index (Phi) is 5.53. The van der Waals surface area contributed by atoms with Crippen LogP contribution >= 0.6 is 11.3 Å². The van der Waals surface area contributed by atoms with Crippen molar-refractivity contribution in [2.75, 3.05) is 19.0 Å². The molecule has 2 aromatic carbocycles. The minimum Gasteiger partial charge on any atom is -0.493 e. The van der Waals surface area contributed by atoms with Crippen LogP contribution in [0.4, 0.5) is 10.1 Å². The number of ether oxygens (including phenoxy) is 2. The van der Waals surface area contributed by atoms with Crippen LogP contribution in [0.3, 0.4) is 0 Å². The Bertz CT molecular complexity index is 1050. The van der Waals surface area contributed by atoms with E-state index in [4.69, 9.17) is 9.47 Å². The molecule has 4 nitrogen and oxygen atoms in total. The molecule has 0 aliphatic carbocycles. The van der Waals surface area contributed by atoms with Crippen molar-refractivity contribution in [3.05, 3.63) is 64.1 Å². The summed E-state index contributed by atoms with van der Waals surface area (Å²) in [7, 11) is 1.62. The van der Waals surface area contributed by atoms with E-state index in [0.717, 1.165) is 33.7 Å². The molecule has 2 heterocycles. The van der Waals surface area contributed by atoms with Crippen LogP contribution in [0.15, 0.2) is 47.8 Å². The molecule has 0 spiro atoms. The van der Waals surface area contributed by atoms with E-state index in [9.17, 15) is 9.18 Å². The van der Waals surface area contributed by atoms with E-state index in [-0.39, 0.29) is 17.6 Å². The predicted octanol–water partition coefficient (Wildman–Crippen LogP) is 5.83. The fourth-order valence-electron chi connectivity index (χ4n) is 3.67. The van der Waals surface area contributed by atoms with Gasteiger partial charge in [-0.25, -0.2) is 4.39 Å². The van der Waals surface area contributed by atoms with E-state index in [1.54, 1.807) is 24.5 Å². The minimum atomic E-state index is -0.302. The SMILES string of the molecule is CCCOc1c(OC)cccc1[C@@H]1CC(=O)Nc2c(-c3cccc(F)c3)csc21. The second kappa shape index (κ2) is 8.25. The smallest absolute Gasteiger partial charge is 0.225 e. The number of rotatable bonds is 6. The summed E-state index contributed by atoms with van der Waals surface area (Å²) in [5.74, 6) is 0.827. The third kappa shape index (κ3) is 3.72. The zero-order chi connectivity index (χ0) is 20.4. The van der Waals surface area contributed by atoms with Crippen molar-refractivity contribution in [2.45, 2.75) is 25.7 Å². The first-order valence-corrected chi connectivity index (χ1v) is 10.5. The van der Waals surface area contributed by atoms with Crippen LogP contribution in [-0.2, 0) is 4.79 Å². The first-order chi connectivity index (χ1) is 14.1. The van der Waals surface area contributed by atoms with Gasteiger partial charge in [-0.1, -0.05) is 31.2 Å². The van der Waals surface area contributed by atoms with E-state index in [0.29, 0.717) is 24.5 Å². The van der Waals surface area contributed by atoms with E-state index in [1.807, 2.05) is 36.6 Å². The highest BCUT2D eigenvalue weighted by molar-refractivity contribution is 7.11. The molecule has 6 heteroatoms. The number of amides is 1. The third-order valence-electron chi connectivity index (χ3n) is 4.98. The molecule has 3 aromatic rings. The first-order valence-electron chi connectivity index (χ1n) is 9.59.